The Balaban J connectivity index is 1.81. The summed E-state index contributed by atoms with van der Waals surface area (Å²) in [6, 6.07) is 12.6. The molecule has 25 heavy (non-hydrogen) atoms. The van der Waals surface area contributed by atoms with E-state index in [0.29, 0.717) is 34.1 Å². The molecule has 7 heteroatoms. The largest absolute Gasteiger partial charge is 0.497 e. The van der Waals surface area contributed by atoms with Crippen molar-refractivity contribution in [3.8, 4) is 17.0 Å². The number of carbonyl (C=O) groups is 1. The van der Waals surface area contributed by atoms with Crippen LogP contribution in [0.4, 0.5) is 20.6 Å². The number of ether oxygens (including phenoxy) is 1. The van der Waals surface area contributed by atoms with Crippen LogP contribution in [0.3, 0.4) is 0 Å². The van der Waals surface area contributed by atoms with Crippen LogP contribution in [0.5, 0.6) is 5.75 Å². The predicted octanol–water partition coefficient (Wildman–Crippen LogP) is 4.18. The minimum Gasteiger partial charge on any atom is -0.497 e. The molecule has 0 bridgehead atoms. The lowest BCUT2D eigenvalue weighted by Gasteiger charge is -2.10. The van der Waals surface area contributed by atoms with E-state index in [1.54, 1.807) is 50.4 Å². The molecule has 0 unspecified atom stereocenters. The molecule has 0 aliphatic rings. The van der Waals surface area contributed by atoms with Gasteiger partial charge in [-0.05, 0) is 31.2 Å². The molecule has 0 radical (unpaired) electrons. The quantitative estimate of drug-likeness (QED) is 0.667. The molecule has 3 aromatic rings. The number of nitrogens with zero attached hydrogens (tertiary/aromatic N) is 1. The molecule has 0 spiro atoms. The smallest absolute Gasteiger partial charge is 0.323 e. The number of anilines is 2. The summed E-state index contributed by atoms with van der Waals surface area (Å²) in [4.78, 5) is 12.3. The number of nitrogens with one attached hydrogen (secondary N) is 3. The van der Waals surface area contributed by atoms with E-state index in [1.165, 1.54) is 12.1 Å². The molecule has 128 valence electrons. The fourth-order valence-electron chi connectivity index (χ4n) is 2.40. The lowest BCUT2D eigenvalue weighted by atomic mass is 10.1. The fourth-order valence-corrected chi connectivity index (χ4v) is 2.40. The zero-order chi connectivity index (χ0) is 17.8. The number of aromatic amines is 1. The molecule has 0 atom stereocenters. The molecule has 0 aliphatic carbocycles. The van der Waals surface area contributed by atoms with Crippen molar-refractivity contribution in [1.82, 2.24) is 10.2 Å². The number of H-pyrrole nitrogens is 1. The highest BCUT2D eigenvalue weighted by Crippen LogP contribution is 2.29. The first-order valence-electron chi connectivity index (χ1n) is 7.60. The van der Waals surface area contributed by atoms with Crippen LogP contribution in [0.25, 0.3) is 11.3 Å². The standard InChI is InChI=1S/C18H17FN4O2/c1-11-16(17(23-22-11)12-5-3-6-13(19)9-12)21-18(24)20-14-7-4-8-15(10-14)25-2/h3-10H,1-2H3,(H,22,23)(H2,20,21,24). The molecule has 1 heterocycles. The fraction of sp³-hybridized carbons (Fsp3) is 0.111. The summed E-state index contributed by atoms with van der Waals surface area (Å²) in [5, 5.41) is 12.5. The van der Waals surface area contributed by atoms with Crippen molar-refractivity contribution in [2.24, 2.45) is 0 Å². The van der Waals surface area contributed by atoms with Crippen LogP contribution in [-0.4, -0.2) is 23.3 Å². The zero-order valence-electron chi connectivity index (χ0n) is 13.8. The Hall–Kier alpha value is -3.35. The average molecular weight is 340 g/mol. The number of rotatable bonds is 4. The summed E-state index contributed by atoms with van der Waals surface area (Å²) < 4.78 is 18.6. The van der Waals surface area contributed by atoms with Crippen molar-refractivity contribution in [2.75, 3.05) is 17.7 Å². The molecule has 1 aromatic heterocycles. The second kappa shape index (κ2) is 7.04. The van der Waals surface area contributed by atoms with Gasteiger partial charge in [-0.25, -0.2) is 9.18 Å². The van der Waals surface area contributed by atoms with Gasteiger partial charge in [-0.1, -0.05) is 18.2 Å². The number of hydrogen-bond acceptors (Lipinski definition) is 3. The third kappa shape index (κ3) is 3.77. The lowest BCUT2D eigenvalue weighted by Crippen LogP contribution is -2.20. The first-order valence-corrected chi connectivity index (χ1v) is 7.60. The van der Waals surface area contributed by atoms with Gasteiger partial charge in [0.25, 0.3) is 0 Å². The second-order valence-electron chi connectivity index (χ2n) is 5.39. The Morgan fingerprint density at radius 1 is 1.16 bits per heavy atom. The number of amides is 2. The summed E-state index contributed by atoms with van der Waals surface area (Å²) >= 11 is 0. The summed E-state index contributed by atoms with van der Waals surface area (Å²) in [6.07, 6.45) is 0. The number of aryl methyl sites for hydroxylation is 1. The first-order chi connectivity index (χ1) is 12.1. The molecule has 2 aromatic carbocycles. The van der Waals surface area contributed by atoms with Crippen molar-refractivity contribution in [3.05, 3.63) is 60.0 Å². The third-order valence-corrected chi connectivity index (χ3v) is 3.61. The molecule has 0 saturated heterocycles. The number of benzene rings is 2. The van der Waals surface area contributed by atoms with Gasteiger partial charge in [0.1, 0.15) is 17.3 Å². The summed E-state index contributed by atoms with van der Waals surface area (Å²) in [7, 11) is 1.55. The molecule has 2 amide bonds. The lowest BCUT2D eigenvalue weighted by molar-refractivity contribution is 0.262. The number of methoxy groups -OCH3 is 1. The van der Waals surface area contributed by atoms with Crippen molar-refractivity contribution in [3.63, 3.8) is 0 Å². The van der Waals surface area contributed by atoms with Crippen molar-refractivity contribution in [1.29, 1.82) is 0 Å². The molecule has 0 aliphatic heterocycles. The van der Waals surface area contributed by atoms with E-state index < -0.39 is 6.03 Å². The van der Waals surface area contributed by atoms with E-state index in [-0.39, 0.29) is 5.82 Å². The summed E-state index contributed by atoms with van der Waals surface area (Å²) in [5.74, 6) is 0.266. The van der Waals surface area contributed by atoms with E-state index in [2.05, 4.69) is 20.8 Å². The Morgan fingerprint density at radius 3 is 2.72 bits per heavy atom. The van der Waals surface area contributed by atoms with Crippen LogP contribution >= 0.6 is 0 Å². The van der Waals surface area contributed by atoms with Crippen LogP contribution in [0.1, 0.15) is 5.69 Å². The number of halogens is 1. The number of urea groups is 1. The third-order valence-electron chi connectivity index (χ3n) is 3.61. The van der Waals surface area contributed by atoms with E-state index in [4.69, 9.17) is 4.74 Å². The van der Waals surface area contributed by atoms with Gasteiger partial charge in [0.15, 0.2) is 0 Å². The highest BCUT2D eigenvalue weighted by molar-refractivity contribution is 6.02. The topological polar surface area (TPSA) is 79.0 Å². The van der Waals surface area contributed by atoms with Gasteiger partial charge in [0, 0.05) is 17.3 Å². The van der Waals surface area contributed by atoms with Crippen LogP contribution < -0.4 is 15.4 Å². The Labute approximate surface area is 144 Å². The molecular formula is C18H17FN4O2. The monoisotopic (exact) mass is 340 g/mol. The SMILES string of the molecule is COc1cccc(NC(=O)Nc2c(-c3cccc(F)c3)n[nH]c2C)c1. The molecule has 0 fully saturated rings. The van der Waals surface area contributed by atoms with Crippen molar-refractivity contribution < 1.29 is 13.9 Å². The first kappa shape index (κ1) is 16.5. The van der Waals surface area contributed by atoms with Crippen molar-refractivity contribution in [2.45, 2.75) is 6.92 Å². The second-order valence-corrected chi connectivity index (χ2v) is 5.39. The molecule has 0 saturated carbocycles. The average Bonchev–Trinajstić information content (AvgIpc) is 2.95. The summed E-state index contributed by atoms with van der Waals surface area (Å²) in [6.45, 7) is 1.77. The minimum atomic E-state index is -0.435. The van der Waals surface area contributed by atoms with Crippen LogP contribution in [0.2, 0.25) is 0 Å². The Kier molecular flexibility index (Phi) is 4.65. The van der Waals surface area contributed by atoms with Crippen LogP contribution in [-0.2, 0) is 0 Å². The zero-order valence-corrected chi connectivity index (χ0v) is 13.8. The molecular weight excluding hydrogens is 323 g/mol. The highest BCUT2D eigenvalue weighted by atomic mass is 19.1. The Morgan fingerprint density at radius 2 is 1.96 bits per heavy atom. The van der Waals surface area contributed by atoms with Gasteiger partial charge < -0.3 is 15.4 Å². The van der Waals surface area contributed by atoms with Gasteiger partial charge in [-0.3, -0.25) is 5.10 Å². The van der Waals surface area contributed by atoms with Gasteiger partial charge >= 0.3 is 6.03 Å². The van der Waals surface area contributed by atoms with E-state index in [0.717, 1.165) is 0 Å². The normalized spacial score (nSPS) is 10.4. The molecule has 3 N–H and O–H groups in total. The van der Waals surface area contributed by atoms with Gasteiger partial charge in [0.2, 0.25) is 0 Å². The predicted molar refractivity (Wildman–Crippen MR) is 94.4 cm³/mol. The number of hydrogen-bond donors (Lipinski definition) is 3. The van der Waals surface area contributed by atoms with E-state index >= 15 is 0 Å². The van der Waals surface area contributed by atoms with Crippen LogP contribution in [0, 0.1) is 12.7 Å². The van der Waals surface area contributed by atoms with Gasteiger partial charge in [0.05, 0.1) is 18.5 Å². The Bertz CT molecular complexity index is 908. The van der Waals surface area contributed by atoms with E-state index in [1.807, 2.05) is 0 Å². The number of carbonyl (C=O) groups excluding carboxylic acids is 1. The highest BCUT2D eigenvalue weighted by Gasteiger charge is 2.15. The maximum Gasteiger partial charge on any atom is 0.323 e. The van der Waals surface area contributed by atoms with Crippen LogP contribution in [0.15, 0.2) is 48.5 Å². The molecule has 3 rings (SSSR count). The minimum absolute atomic E-state index is 0.370. The maximum atomic E-state index is 13.5. The maximum absolute atomic E-state index is 13.5. The molecule has 6 nitrogen and oxygen atoms in total. The van der Waals surface area contributed by atoms with E-state index in [9.17, 15) is 9.18 Å². The van der Waals surface area contributed by atoms with Crippen molar-refractivity contribution >= 4 is 17.4 Å². The van der Waals surface area contributed by atoms with Gasteiger partial charge in [-0.2, -0.15) is 5.10 Å². The summed E-state index contributed by atoms with van der Waals surface area (Å²) in [5.41, 5.74) is 2.79. The van der Waals surface area contributed by atoms with Gasteiger partial charge in [-0.15, -0.1) is 0 Å². The number of aromatic nitrogens is 2.